The zero-order valence-electron chi connectivity index (χ0n) is 10.4. The van der Waals surface area contributed by atoms with E-state index in [9.17, 15) is 0 Å². The fourth-order valence-electron chi connectivity index (χ4n) is 1.57. The van der Waals surface area contributed by atoms with Crippen LogP contribution < -0.4 is 5.32 Å². The second-order valence-electron chi connectivity index (χ2n) is 3.73. The average Bonchev–Trinajstić information content (AvgIpc) is 3.09. The van der Waals surface area contributed by atoms with Gasteiger partial charge in [0.15, 0.2) is 5.82 Å². The van der Waals surface area contributed by atoms with Crippen LogP contribution >= 0.6 is 0 Å². The maximum absolute atomic E-state index is 4.34. The maximum Gasteiger partial charge on any atom is 0.257 e. The van der Waals surface area contributed by atoms with Gasteiger partial charge in [-0.25, -0.2) is 9.97 Å². The van der Waals surface area contributed by atoms with Crippen LogP contribution in [0.1, 0.15) is 0 Å². The van der Waals surface area contributed by atoms with Crippen molar-refractivity contribution in [2.75, 3.05) is 12.4 Å². The van der Waals surface area contributed by atoms with Crippen LogP contribution in [0, 0.1) is 0 Å². The van der Waals surface area contributed by atoms with Gasteiger partial charge in [-0.15, -0.1) is 0 Å². The van der Waals surface area contributed by atoms with Crippen LogP contribution in [-0.4, -0.2) is 46.3 Å². The van der Waals surface area contributed by atoms with Crippen molar-refractivity contribution in [2.24, 2.45) is 7.05 Å². The minimum atomic E-state index is 0.384. The Hall–Kier alpha value is -2.84. The van der Waals surface area contributed by atoms with Gasteiger partial charge in [0.05, 0.1) is 0 Å². The van der Waals surface area contributed by atoms with Crippen molar-refractivity contribution in [3.63, 3.8) is 0 Å². The molecule has 9 heteroatoms. The highest BCUT2D eigenvalue weighted by molar-refractivity contribution is 5.47. The van der Waals surface area contributed by atoms with Gasteiger partial charge in [-0.1, -0.05) is 0 Å². The molecule has 3 rings (SSSR count). The Morgan fingerprint density at radius 1 is 1.21 bits per heavy atom. The van der Waals surface area contributed by atoms with E-state index in [-0.39, 0.29) is 0 Å². The van der Waals surface area contributed by atoms with Crippen molar-refractivity contribution in [2.45, 2.75) is 0 Å². The van der Waals surface area contributed by atoms with E-state index < -0.39 is 0 Å². The third kappa shape index (κ3) is 2.01. The van der Waals surface area contributed by atoms with Gasteiger partial charge in [-0.2, -0.15) is 24.7 Å². The van der Waals surface area contributed by atoms with Crippen molar-refractivity contribution in [3.05, 3.63) is 25.0 Å². The van der Waals surface area contributed by atoms with Gasteiger partial charge in [-0.3, -0.25) is 0 Å². The SMILES string of the molecule is CNc1nc(-c2nccn2C)nc(-n2cncn2)n1. The number of imidazole rings is 1. The fourth-order valence-corrected chi connectivity index (χ4v) is 1.57. The molecule has 0 bridgehead atoms. The maximum atomic E-state index is 4.34. The molecule has 3 aromatic rings. The molecule has 0 saturated carbocycles. The Kier molecular flexibility index (Phi) is 2.63. The smallest absolute Gasteiger partial charge is 0.257 e. The van der Waals surface area contributed by atoms with Gasteiger partial charge in [0.25, 0.3) is 5.95 Å². The van der Waals surface area contributed by atoms with E-state index >= 15 is 0 Å². The first-order valence-corrected chi connectivity index (χ1v) is 5.54. The summed E-state index contributed by atoms with van der Waals surface area (Å²) >= 11 is 0. The highest BCUT2D eigenvalue weighted by Crippen LogP contribution is 2.14. The van der Waals surface area contributed by atoms with Crippen molar-refractivity contribution in [1.29, 1.82) is 0 Å². The summed E-state index contributed by atoms with van der Waals surface area (Å²) in [7, 11) is 3.61. The summed E-state index contributed by atoms with van der Waals surface area (Å²) in [6.45, 7) is 0. The van der Waals surface area contributed by atoms with E-state index in [1.807, 2.05) is 17.8 Å². The standard InChI is InChI=1S/C10H11N9/c1-11-9-15-7(8-13-3-4-18(8)2)16-10(17-9)19-6-12-5-14-19/h3-6H,1-2H3,(H,11,15,16,17). The summed E-state index contributed by atoms with van der Waals surface area (Å²) in [6, 6.07) is 0. The summed E-state index contributed by atoms with van der Waals surface area (Å²) in [6.07, 6.45) is 6.46. The first-order chi connectivity index (χ1) is 9.28. The second-order valence-corrected chi connectivity index (χ2v) is 3.73. The molecule has 0 spiro atoms. The average molecular weight is 257 g/mol. The summed E-state index contributed by atoms with van der Waals surface area (Å²) in [5.74, 6) is 1.95. The summed E-state index contributed by atoms with van der Waals surface area (Å²) in [5, 5.41) is 6.89. The zero-order valence-corrected chi connectivity index (χ0v) is 10.4. The van der Waals surface area contributed by atoms with E-state index in [0.717, 1.165) is 0 Å². The Bertz CT molecular complexity index is 685. The van der Waals surface area contributed by atoms with Gasteiger partial charge in [0.2, 0.25) is 11.8 Å². The molecule has 9 nitrogen and oxygen atoms in total. The molecule has 96 valence electrons. The van der Waals surface area contributed by atoms with E-state index in [4.69, 9.17) is 0 Å². The third-order valence-corrected chi connectivity index (χ3v) is 2.49. The molecule has 0 atom stereocenters. The lowest BCUT2D eigenvalue weighted by atomic mass is 10.5. The minimum Gasteiger partial charge on any atom is -0.357 e. The molecule has 3 heterocycles. The van der Waals surface area contributed by atoms with Crippen molar-refractivity contribution >= 4 is 5.95 Å². The molecule has 19 heavy (non-hydrogen) atoms. The summed E-state index contributed by atoms with van der Waals surface area (Å²) in [4.78, 5) is 20.9. The highest BCUT2D eigenvalue weighted by Gasteiger charge is 2.12. The molecule has 0 aliphatic heterocycles. The number of aromatic nitrogens is 8. The Balaban J connectivity index is 2.16. The third-order valence-electron chi connectivity index (χ3n) is 2.49. The van der Waals surface area contributed by atoms with E-state index in [0.29, 0.717) is 23.5 Å². The molecule has 0 radical (unpaired) electrons. The van der Waals surface area contributed by atoms with Gasteiger partial charge in [0.1, 0.15) is 12.7 Å². The largest absolute Gasteiger partial charge is 0.357 e. The molecule has 0 aromatic carbocycles. The molecule has 0 unspecified atom stereocenters. The Labute approximate surface area is 108 Å². The quantitative estimate of drug-likeness (QED) is 0.699. The lowest BCUT2D eigenvalue weighted by Crippen LogP contribution is -2.09. The second kappa shape index (κ2) is 4.44. The van der Waals surface area contributed by atoms with Crippen molar-refractivity contribution in [1.82, 2.24) is 39.3 Å². The Morgan fingerprint density at radius 3 is 2.74 bits per heavy atom. The number of nitrogens with one attached hydrogen (secondary N) is 1. The molecule has 0 aliphatic rings. The molecule has 0 fully saturated rings. The van der Waals surface area contributed by atoms with Crippen molar-refractivity contribution in [3.8, 4) is 17.6 Å². The molecular formula is C10H11N9. The first-order valence-electron chi connectivity index (χ1n) is 5.54. The normalized spacial score (nSPS) is 10.6. The summed E-state index contributed by atoms with van der Waals surface area (Å²) in [5.41, 5.74) is 0. The first kappa shape index (κ1) is 11.3. The zero-order chi connectivity index (χ0) is 13.2. The monoisotopic (exact) mass is 257 g/mol. The van der Waals surface area contributed by atoms with Crippen LogP contribution in [0.4, 0.5) is 5.95 Å². The number of anilines is 1. The van der Waals surface area contributed by atoms with E-state index in [1.54, 1.807) is 13.2 Å². The van der Waals surface area contributed by atoms with E-state index in [1.165, 1.54) is 17.3 Å². The predicted molar refractivity (Wildman–Crippen MR) is 66.5 cm³/mol. The van der Waals surface area contributed by atoms with Crippen LogP contribution in [-0.2, 0) is 7.05 Å². The van der Waals surface area contributed by atoms with Gasteiger partial charge >= 0.3 is 0 Å². The summed E-state index contributed by atoms with van der Waals surface area (Å²) < 4.78 is 3.30. The highest BCUT2D eigenvalue weighted by atomic mass is 15.4. The molecule has 0 saturated heterocycles. The van der Waals surface area contributed by atoms with Crippen LogP contribution in [0.3, 0.4) is 0 Å². The van der Waals surface area contributed by atoms with Crippen LogP contribution in [0.2, 0.25) is 0 Å². The fraction of sp³-hybridized carbons (Fsp3) is 0.200. The van der Waals surface area contributed by atoms with Gasteiger partial charge < -0.3 is 9.88 Å². The Morgan fingerprint density at radius 2 is 2.11 bits per heavy atom. The van der Waals surface area contributed by atoms with Crippen LogP contribution in [0.15, 0.2) is 25.0 Å². The molecule has 0 amide bonds. The predicted octanol–water partition coefficient (Wildman–Crippen LogP) is -0.106. The van der Waals surface area contributed by atoms with E-state index in [2.05, 4.69) is 35.3 Å². The molecule has 0 aliphatic carbocycles. The minimum absolute atomic E-state index is 0.384. The van der Waals surface area contributed by atoms with Gasteiger partial charge in [0, 0.05) is 26.5 Å². The van der Waals surface area contributed by atoms with Crippen LogP contribution in [0.5, 0.6) is 0 Å². The molecule has 3 aromatic heterocycles. The topological polar surface area (TPSA) is 99.2 Å². The number of rotatable bonds is 3. The number of hydrogen-bond donors (Lipinski definition) is 1. The number of hydrogen-bond acceptors (Lipinski definition) is 7. The lowest BCUT2D eigenvalue weighted by molar-refractivity contribution is 0.791. The molecular weight excluding hydrogens is 246 g/mol. The van der Waals surface area contributed by atoms with Gasteiger partial charge in [-0.05, 0) is 0 Å². The number of aryl methyl sites for hydroxylation is 1. The van der Waals surface area contributed by atoms with Crippen LogP contribution in [0.25, 0.3) is 17.6 Å². The van der Waals surface area contributed by atoms with Crippen molar-refractivity contribution < 1.29 is 0 Å². The lowest BCUT2D eigenvalue weighted by Gasteiger charge is -2.06. The number of nitrogens with zero attached hydrogens (tertiary/aromatic N) is 8. The molecule has 1 N–H and O–H groups in total.